The zero-order valence-corrected chi connectivity index (χ0v) is 11.4. The molecule has 0 saturated carbocycles. The average molecular weight is 306 g/mol. The predicted octanol–water partition coefficient (Wildman–Crippen LogP) is 3.48. The lowest BCUT2D eigenvalue weighted by Crippen LogP contribution is -2.32. The maximum Gasteiger partial charge on any atom is 0.144 e. The van der Waals surface area contributed by atoms with Gasteiger partial charge >= 0.3 is 0 Å². The standard InChI is InChI=1S/C11H14BrClN2O/c1-11(3-2-4-16-11)7-15-10-9(13)5-8(12)6-14-10/h5-6H,2-4,7H2,1H3,(H,14,15). The maximum absolute atomic E-state index is 6.06. The van der Waals surface area contributed by atoms with E-state index in [0.717, 1.165) is 30.5 Å². The number of halogens is 2. The van der Waals surface area contributed by atoms with Gasteiger partial charge in [0.05, 0.1) is 10.6 Å². The zero-order chi connectivity index (χ0) is 11.6. The number of pyridine rings is 1. The van der Waals surface area contributed by atoms with Crippen LogP contribution in [0.5, 0.6) is 0 Å². The fraction of sp³-hybridized carbons (Fsp3) is 0.545. The van der Waals surface area contributed by atoms with E-state index in [1.54, 1.807) is 6.20 Å². The van der Waals surface area contributed by atoms with Crippen LogP contribution in [0.2, 0.25) is 5.02 Å². The lowest BCUT2D eigenvalue weighted by molar-refractivity contribution is 0.0315. The first-order valence-corrected chi connectivity index (χ1v) is 6.45. The van der Waals surface area contributed by atoms with E-state index in [1.807, 2.05) is 6.07 Å². The van der Waals surface area contributed by atoms with Crippen molar-refractivity contribution >= 4 is 33.3 Å². The number of anilines is 1. The van der Waals surface area contributed by atoms with E-state index in [9.17, 15) is 0 Å². The predicted molar refractivity (Wildman–Crippen MR) is 69.0 cm³/mol. The van der Waals surface area contributed by atoms with E-state index in [2.05, 4.69) is 33.2 Å². The second-order valence-corrected chi connectivity index (χ2v) is 5.56. The van der Waals surface area contributed by atoms with Gasteiger partial charge in [0.1, 0.15) is 5.82 Å². The molecule has 1 aromatic heterocycles. The SMILES string of the molecule is CC1(CNc2ncc(Br)cc2Cl)CCCO1. The van der Waals surface area contributed by atoms with Gasteiger partial charge in [-0.25, -0.2) is 4.98 Å². The number of ether oxygens (including phenoxy) is 1. The third kappa shape index (κ3) is 2.87. The summed E-state index contributed by atoms with van der Waals surface area (Å²) in [5.41, 5.74) is -0.0852. The van der Waals surface area contributed by atoms with Gasteiger partial charge in [-0.05, 0) is 41.8 Å². The van der Waals surface area contributed by atoms with Crippen molar-refractivity contribution in [3.63, 3.8) is 0 Å². The molecule has 0 aliphatic carbocycles. The van der Waals surface area contributed by atoms with Crippen molar-refractivity contribution in [1.29, 1.82) is 0 Å². The fourth-order valence-electron chi connectivity index (χ4n) is 1.79. The van der Waals surface area contributed by atoms with Crippen LogP contribution in [-0.2, 0) is 4.74 Å². The molecule has 1 aliphatic heterocycles. The number of hydrogen-bond acceptors (Lipinski definition) is 3. The van der Waals surface area contributed by atoms with E-state index in [4.69, 9.17) is 16.3 Å². The molecule has 0 radical (unpaired) electrons. The monoisotopic (exact) mass is 304 g/mol. The Labute approximate surface area is 109 Å². The van der Waals surface area contributed by atoms with Crippen molar-refractivity contribution in [2.24, 2.45) is 0 Å². The van der Waals surface area contributed by atoms with Crippen molar-refractivity contribution in [2.75, 3.05) is 18.5 Å². The van der Waals surface area contributed by atoms with Gasteiger partial charge in [0.25, 0.3) is 0 Å². The number of nitrogens with zero attached hydrogens (tertiary/aromatic N) is 1. The maximum atomic E-state index is 6.06. The Morgan fingerprint density at radius 2 is 2.50 bits per heavy atom. The van der Waals surface area contributed by atoms with Crippen molar-refractivity contribution in [1.82, 2.24) is 4.98 Å². The highest BCUT2D eigenvalue weighted by molar-refractivity contribution is 9.10. The first-order valence-electron chi connectivity index (χ1n) is 5.28. The summed E-state index contributed by atoms with van der Waals surface area (Å²) in [7, 11) is 0. The molecule has 1 N–H and O–H groups in total. The number of rotatable bonds is 3. The van der Waals surface area contributed by atoms with Gasteiger partial charge in [-0.2, -0.15) is 0 Å². The van der Waals surface area contributed by atoms with Crippen LogP contribution in [0.4, 0.5) is 5.82 Å². The van der Waals surface area contributed by atoms with Crippen LogP contribution >= 0.6 is 27.5 Å². The molecular formula is C11H14BrClN2O. The average Bonchev–Trinajstić information content (AvgIpc) is 2.64. The first kappa shape index (κ1) is 12.1. The smallest absolute Gasteiger partial charge is 0.144 e. The van der Waals surface area contributed by atoms with Crippen LogP contribution in [0.3, 0.4) is 0 Å². The first-order chi connectivity index (χ1) is 7.59. The molecule has 5 heteroatoms. The molecule has 0 bridgehead atoms. The summed E-state index contributed by atoms with van der Waals surface area (Å²) in [5, 5.41) is 3.85. The van der Waals surface area contributed by atoms with Crippen molar-refractivity contribution < 1.29 is 4.74 Å². The zero-order valence-electron chi connectivity index (χ0n) is 9.09. The largest absolute Gasteiger partial charge is 0.373 e. The Morgan fingerprint density at radius 3 is 3.12 bits per heavy atom. The molecule has 1 aromatic rings. The second kappa shape index (κ2) is 4.90. The topological polar surface area (TPSA) is 34.2 Å². The molecule has 88 valence electrons. The summed E-state index contributed by atoms with van der Waals surface area (Å²) in [6, 6.07) is 1.83. The normalized spacial score (nSPS) is 24.7. The summed E-state index contributed by atoms with van der Waals surface area (Å²) < 4.78 is 6.56. The molecule has 1 aliphatic rings. The minimum atomic E-state index is -0.0852. The number of nitrogens with one attached hydrogen (secondary N) is 1. The van der Waals surface area contributed by atoms with E-state index in [-0.39, 0.29) is 5.60 Å². The van der Waals surface area contributed by atoms with Gasteiger partial charge in [-0.3, -0.25) is 0 Å². The highest BCUT2D eigenvalue weighted by atomic mass is 79.9. The highest BCUT2D eigenvalue weighted by Crippen LogP contribution is 2.27. The summed E-state index contributed by atoms with van der Waals surface area (Å²) in [6.45, 7) is 3.70. The van der Waals surface area contributed by atoms with Gasteiger partial charge in [0.2, 0.25) is 0 Å². The summed E-state index contributed by atoms with van der Waals surface area (Å²) in [5.74, 6) is 0.710. The van der Waals surface area contributed by atoms with Crippen LogP contribution in [0.25, 0.3) is 0 Å². The van der Waals surface area contributed by atoms with Crippen LogP contribution in [0.15, 0.2) is 16.7 Å². The van der Waals surface area contributed by atoms with Gasteiger partial charge < -0.3 is 10.1 Å². The number of hydrogen-bond donors (Lipinski definition) is 1. The lowest BCUT2D eigenvalue weighted by Gasteiger charge is -2.23. The molecule has 16 heavy (non-hydrogen) atoms. The Bertz CT molecular complexity index is 380. The van der Waals surface area contributed by atoms with Crippen molar-refractivity contribution in [2.45, 2.75) is 25.4 Å². The van der Waals surface area contributed by atoms with E-state index < -0.39 is 0 Å². The quantitative estimate of drug-likeness (QED) is 0.928. The van der Waals surface area contributed by atoms with Gasteiger partial charge in [-0.1, -0.05) is 11.6 Å². The Hall–Kier alpha value is -0.320. The Balaban J connectivity index is 1.99. The second-order valence-electron chi connectivity index (χ2n) is 4.24. The third-order valence-electron chi connectivity index (χ3n) is 2.74. The van der Waals surface area contributed by atoms with Crippen LogP contribution in [0, 0.1) is 0 Å². The molecule has 0 amide bonds. The molecule has 2 heterocycles. The third-order valence-corrected chi connectivity index (χ3v) is 3.46. The molecule has 1 fully saturated rings. The van der Waals surface area contributed by atoms with Crippen LogP contribution in [-0.4, -0.2) is 23.7 Å². The molecule has 0 aromatic carbocycles. The van der Waals surface area contributed by atoms with E-state index >= 15 is 0 Å². The molecule has 1 unspecified atom stereocenters. The number of aromatic nitrogens is 1. The van der Waals surface area contributed by atoms with Crippen LogP contribution in [0.1, 0.15) is 19.8 Å². The minimum Gasteiger partial charge on any atom is -0.373 e. The summed E-state index contributed by atoms with van der Waals surface area (Å²) in [6.07, 6.45) is 3.93. The highest BCUT2D eigenvalue weighted by Gasteiger charge is 2.29. The van der Waals surface area contributed by atoms with Crippen molar-refractivity contribution in [3.8, 4) is 0 Å². The summed E-state index contributed by atoms with van der Waals surface area (Å²) >= 11 is 9.39. The van der Waals surface area contributed by atoms with E-state index in [1.165, 1.54) is 0 Å². The van der Waals surface area contributed by atoms with E-state index in [0.29, 0.717) is 10.8 Å². The lowest BCUT2D eigenvalue weighted by atomic mass is 10.0. The molecular weight excluding hydrogens is 291 g/mol. The van der Waals surface area contributed by atoms with Gasteiger partial charge in [0.15, 0.2) is 0 Å². The minimum absolute atomic E-state index is 0.0852. The Kier molecular flexibility index (Phi) is 3.72. The van der Waals surface area contributed by atoms with Crippen molar-refractivity contribution in [3.05, 3.63) is 21.8 Å². The molecule has 1 saturated heterocycles. The molecule has 2 rings (SSSR count). The molecule has 3 nitrogen and oxygen atoms in total. The molecule has 1 atom stereocenters. The van der Waals surface area contributed by atoms with Gasteiger partial charge in [0, 0.05) is 23.8 Å². The fourth-order valence-corrected chi connectivity index (χ4v) is 2.49. The molecule has 0 spiro atoms. The van der Waals surface area contributed by atoms with Crippen LogP contribution < -0.4 is 5.32 Å². The summed E-state index contributed by atoms with van der Waals surface area (Å²) in [4.78, 5) is 4.22. The Morgan fingerprint density at radius 1 is 1.69 bits per heavy atom. The van der Waals surface area contributed by atoms with Gasteiger partial charge in [-0.15, -0.1) is 0 Å².